The molecule has 0 aromatic carbocycles. The molecule has 0 radical (unpaired) electrons. The van der Waals surface area contributed by atoms with E-state index in [-0.39, 0.29) is 5.54 Å². The van der Waals surface area contributed by atoms with Crippen LogP contribution in [0.1, 0.15) is 27.2 Å². The van der Waals surface area contributed by atoms with Crippen molar-refractivity contribution in [2.45, 2.75) is 38.8 Å². The van der Waals surface area contributed by atoms with Gasteiger partial charge in [0, 0.05) is 5.54 Å². The fraction of sp³-hybridized carbons (Fsp3) is 0.800. The number of hydrogen-bond acceptors (Lipinski definition) is 4. The Balaban J connectivity index is 4.32. The fourth-order valence-electron chi connectivity index (χ4n) is 1.12. The molecule has 0 rings (SSSR count). The molecule has 0 heterocycles. The summed E-state index contributed by atoms with van der Waals surface area (Å²) in [5.41, 5.74) is 1.18. The highest BCUT2D eigenvalue weighted by atomic mass is 32.2. The molecule has 0 spiro atoms. The van der Waals surface area contributed by atoms with Gasteiger partial charge < -0.3 is 10.6 Å². The summed E-state index contributed by atoms with van der Waals surface area (Å²) in [6, 6.07) is -1.15. The summed E-state index contributed by atoms with van der Waals surface area (Å²) in [5, 5.41) is 13.8. The van der Waals surface area contributed by atoms with Gasteiger partial charge in [-0.25, -0.2) is 10.3 Å². The van der Waals surface area contributed by atoms with Crippen molar-refractivity contribution in [2.75, 3.05) is 12.0 Å². The molecular formula is C10H21N3O3S. The Bertz CT molecular complexity index is 266. The molecule has 0 aliphatic carbocycles. The molecule has 0 unspecified atom stereocenters. The van der Waals surface area contributed by atoms with E-state index in [2.05, 4.69) is 10.6 Å². The first-order valence-electron chi connectivity index (χ1n) is 5.31. The van der Waals surface area contributed by atoms with Crippen LogP contribution in [0.4, 0.5) is 4.79 Å². The molecule has 0 aliphatic heterocycles. The van der Waals surface area contributed by atoms with Crippen molar-refractivity contribution in [2.24, 2.45) is 0 Å². The second-order valence-corrected chi connectivity index (χ2v) is 5.64. The van der Waals surface area contributed by atoms with E-state index in [9.17, 15) is 9.59 Å². The third-order valence-corrected chi connectivity index (χ3v) is 2.48. The lowest BCUT2D eigenvalue weighted by atomic mass is 10.1. The molecular weight excluding hydrogens is 242 g/mol. The lowest BCUT2D eigenvalue weighted by Crippen LogP contribution is -2.53. The van der Waals surface area contributed by atoms with E-state index in [1.165, 1.54) is 0 Å². The van der Waals surface area contributed by atoms with Gasteiger partial charge in [-0.2, -0.15) is 11.8 Å². The SMILES string of the molecule is CSCC[C@H](NC(=O)NC(C)(C)C)C(=O)NO. The van der Waals surface area contributed by atoms with Gasteiger partial charge in [0.25, 0.3) is 5.91 Å². The number of amides is 3. The van der Waals surface area contributed by atoms with Crippen LogP contribution in [-0.4, -0.2) is 40.7 Å². The van der Waals surface area contributed by atoms with E-state index in [0.717, 1.165) is 0 Å². The summed E-state index contributed by atoms with van der Waals surface area (Å²) in [5.74, 6) is 0.108. The van der Waals surface area contributed by atoms with E-state index < -0.39 is 18.0 Å². The zero-order chi connectivity index (χ0) is 13.5. The van der Waals surface area contributed by atoms with Gasteiger partial charge in [-0.15, -0.1) is 0 Å². The first-order valence-corrected chi connectivity index (χ1v) is 6.71. The minimum atomic E-state index is -0.727. The molecule has 0 bridgehead atoms. The van der Waals surface area contributed by atoms with Gasteiger partial charge in [-0.05, 0) is 39.2 Å². The Morgan fingerprint density at radius 3 is 2.35 bits per heavy atom. The lowest BCUT2D eigenvalue weighted by Gasteiger charge is -2.23. The lowest BCUT2D eigenvalue weighted by molar-refractivity contribution is -0.131. The number of thioether (sulfide) groups is 1. The summed E-state index contributed by atoms with van der Waals surface area (Å²) in [6.07, 6.45) is 2.37. The van der Waals surface area contributed by atoms with E-state index in [1.807, 2.05) is 27.0 Å². The molecule has 17 heavy (non-hydrogen) atoms. The number of hydroxylamine groups is 1. The summed E-state index contributed by atoms with van der Waals surface area (Å²) in [6.45, 7) is 5.53. The fourth-order valence-corrected chi connectivity index (χ4v) is 1.59. The van der Waals surface area contributed by atoms with E-state index in [0.29, 0.717) is 12.2 Å². The Morgan fingerprint density at radius 2 is 1.94 bits per heavy atom. The normalized spacial score (nSPS) is 12.8. The second kappa shape index (κ2) is 7.39. The molecule has 0 aromatic rings. The molecule has 0 fully saturated rings. The largest absolute Gasteiger partial charge is 0.334 e. The van der Waals surface area contributed by atoms with E-state index in [4.69, 9.17) is 5.21 Å². The maximum Gasteiger partial charge on any atom is 0.315 e. The van der Waals surface area contributed by atoms with Crippen LogP contribution in [0.5, 0.6) is 0 Å². The van der Waals surface area contributed by atoms with Gasteiger partial charge in [0.2, 0.25) is 0 Å². The number of carbonyl (C=O) groups excluding carboxylic acids is 2. The van der Waals surface area contributed by atoms with Crippen LogP contribution in [0.15, 0.2) is 0 Å². The van der Waals surface area contributed by atoms with E-state index >= 15 is 0 Å². The number of rotatable bonds is 5. The second-order valence-electron chi connectivity index (χ2n) is 4.66. The van der Waals surface area contributed by atoms with Gasteiger partial charge in [0.15, 0.2) is 0 Å². The van der Waals surface area contributed by atoms with Crippen molar-refractivity contribution < 1.29 is 14.8 Å². The van der Waals surface area contributed by atoms with Gasteiger partial charge in [-0.1, -0.05) is 0 Å². The molecule has 100 valence electrons. The average Bonchev–Trinajstić information content (AvgIpc) is 2.20. The van der Waals surface area contributed by atoms with E-state index in [1.54, 1.807) is 17.2 Å². The van der Waals surface area contributed by atoms with Crippen LogP contribution < -0.4 is 16.1 Å². The third kappa shape index (κ3) is 7.87. The van der Waals surface area contributed by atoms with Gasteiger partial charge >= 0.3 is 6.03 Å². The van der Waals surface area contributed by atoms with Crippen molar-refractivity contribution in [1.29, 1.82) is 0 Å². The van der Waals surface area contributed by atoms with Crippen LogP contribution >= 0.6 is 11.8 Å². The van der Waals surface area contributed by atoms with Crippen molar-refractivity contribution >= 4 is 23.7 Å². The molecule has 0 aliphatic rings. The Labute approximate surface area is 106 Å². The third-order valence-electron chi connectivity index (χ3n) is 1.83. The van der Waals surface area contributed by atoms with Gasteiger partial charge in [0.05, 0.1) is 0 Å². The molecule has 4 N–H and O–H groups in total. The molecule has 0 aromatic heterocycles. The monoisotopic (exact) mass is 263 g/mol. The maximum absolute atomic E-state index is 11.6. The molecule has 6 nitrogen and oxygen atoms in total. The standard InChI is InChI=1S/C10H21N3O3S/c1-10(2,3)12-9(15)11-7(5-6-17-4)8(14)13-16/h7,16H,5-6H2,1-4H3,(H,13,14)(H2,11,12,15)/t7-/m0/s1. The minimum Gasteiger partial charge on any atom is -0.334 e. The number of urea groups is 1. The van der Waals surface area contributed by atoms with Crippen molar-refractivity contribution in [1.82, 2.24) is 16.1 Å². The quantitative estimate of drug-likeness (QED) is 0.434. The molecule has 3 amide bonds. The van der Waals surface area contributed by atoms with Crippen molar-refractivity contribution in [3.8, 4) is 0 Å². The van der Waals surface area contributed by atoms with Crippen LogP contribution in [0.25, 0.3) is 0 Å². The maximum atomic E-state index is 11.6. The topological polar surface area (TPSA) is 90.5 Å². The predicted molar refractivity (Wildman–Crippen MR) is 68.1 cm³/mol. The summed E-state index contributed by atoms with van der Waals surface area (Å²) in [7, 11) is 0. The molecule has 7 heteroatoms. The smallest absolute Gasteiger partial charge is 0.315 e. The van der Waals surface area contributed by atoms with Gasteiger partial charge in [-0.3, -0.25) is 10.0 Å². The summed E-state index contributed by atoms with van der Waals surface area (Å²) >= 11 is 1.56. The summed E-state index contributed by atoms with van der Waals surface area (Å²) < 4.78 is 0. The van der Waals surface area contributed by atoms with Crippen LogP contribution in [0.2, 0.25) is 0 Å². The first kappa shape index (κ1) is 16.1. The molecule has 1 atom stereocenters. The average molecular weight is 263 g/mol. The number of carbonyl (C=O) groups is 2. The van der Waals surface area contributed by atoms with Crippen molar-refractivity contribution in [3.05, 3.63) is 0 Å². The Kier molecular flexibility index (Phi) is 6.98. The highest BCUT2D eigenvalue weighted by Gasteiger charge is 2.22. The highest BCUT2D eigenvalue weighted by molar-refractivity contribution is 7.98. The van der Waals surface area contributed by atoms with Gasteiger partial charge in [0.1, 0.15) is 6.04 Å². The zero-order valence-corrected chi connectivity index (χ0v) is 11.5. The Hall–Kier alpha value is -0.950. The van der Waals surface area contributed by atoms with Crippen molar-refractivity contribution in [3.63, 3.8) is 0 Å². The van der Waals surface area contributed by atoms with Crippen LogP contribution in [-0.2, 0) is 4.79 Å². The number of nitrogens with one attached hydrogen (secondary N) is 3. The summed E-state index contributed by atoms with van der Waals surface area (Å²) in [4.78, 5) is 22.9. The Morgan fingerprint density at radius 1 is 1.35 bits per heavy atom. The van der Waals surface area contributed by atoms with Crippen LogP contribution in [0, 0.1) is 0 Å². The highest BCUT2D eigenvalue weighted by Crippen LogP contribution is 2.02. The number of hydrogen-bond donors (Lipinski definition) is 4. The minimum absolute atomic E-state index is 0.371. The molecule has 0 saturated carbocycles. The van der Waals surface area contributed by atoms with Crippen LogP contribution in [0.3, 0.4) is 0 Å². The zero-order valence-electron chi connectivity index (χ0n) is 10.7. The predicted octanol–water partition coefficient (Wildman–Crippen LogP) is 0.711. The first-order chi connectivity index (χ1) is 7.80. The molecule has 0 saturated heterocycles.